The summed E-state index contributed by atoms with van der Waals surface area (Å²) >= 11 is 0. The summed E-state index contributed by atoms with van der Waals surface area (Å²) in [5.74, 6) is -0.580. The number of carbonyl (C=O) groups excluding carboxylic acids is 2. The zero-order chi connectivity index (χ0) is 14.4. The van der Waals surface area contributed by atoms with Crippen LogP contribution in [-0.2, 0) is 0 Å². The molecule has 2 aromatic heterocycles. The van der Waals surface area contributed by atoms with Crippen LogP contribution in [0.4, 0.5) is 0 Å². The van der Waals surface area contributed by atoms with Crippen molar-refractivity contribution in [1.82, 2.24) is 20.8 Å². The summed E-state index contributed by atoms with van der Waals surface area (Å²) < 4.78 is 4.88. The molecular formula is C13H12N4O3. The molecule has 0 spiro atoms. The van der Waals surface area contributed by atoms with Crippen molar-refractivity contribution in [2.75, 3.05) is 7.11 Å². The third kappa shape index (κ3) is 3.29. The Labute approximate surface area is 115 Å². The molecule has 0 fully saturated rings. The van der Waals surface area contributed by atoms with E-state index in [0.717, 1.165) is 0 Å². The van der Waals surface area contributed by atoms with Gasteiger partial charge < -0.3 is 4.74 Å². The fourth-order valence-electron chi connectivity index (χ4n) is 1.38. The van der Waals surface area contributed by atoms with Crippen LogP contribution in [0, 0.1) is 0 Å². The Balaban J connectivity index is 1.93. The predicted octanol–water partition coefficient (Wildman–Crippen LogP) is 0.560. The minimum absolute atomic E-state index is 0.209. The molecule has 7 heteroatoms. The molecule has 0 aromatic carbocycles. The van der Waals surface area contributed by atoms with E-state index in [1.807, 2.05) is 0 Å². The Morgan fingerprint density at radius 1 is 1.05 bits per heavy atom. The molecule has 2 amide bonds. The standard InChI is InChI=1S/C13H12N4O3/c1-20-11-6-5-9(8-15-11)12(18)16-17-13(19)10-4-2-3-7-14-10/h2-8H,1H3,(H,16,18)(H,17,19). The lowest BCUT2D eigenvalue weighted by atomic mass is 10.3. The highest BCUT2D eigenvalue weighted by Crippen LogP contribution is 2.06. The quantitative estimate of drug-likeness (QED) is 0.796. The Hall–Kier alpha value is -2.96. The van der Waals surface area contributed by atoms with Gasteiger partial charge >= 0.3 is 0 Å². The SMILES string of the molecule is COc1ccc(C(=O)NNC(=O)c2ccccn2)cn1. The van der Waals surface area contributed by atoms with Gasteiger partial charge in [0, 0.05) is 18.5 Å². The average Bonchev–Trinajstić information content (AvgIpc) is 2.53. The molecular weight excluding hydrogens is 260 g/mol. The van der Waals surface area contributed by atoms with E-state index in [-0.39, 0.29) is 5.69 Å². The highest BCUT2D eigenvalue weighted by atomic mass is 16.5. The maximum absolute atomic E-state index is 11.8. The first-order valence-electron chi connectivity index (χ1n) is 5.72. The number of aromatic nitrogens is 2. The van der Waals surface area contributed by atoms with Gasteiger partial charge in [-0.15, -0.1) is 0 Å². The van der Waals surface area contributed by atoms with Gasteiger partial charge in [-0.25, -0.2) is 4.98 Å². The van der Waals surface area contributed by atoms with Crippen LogP contribution in [0.15, 0.2) is 42.7 Å². The van der Waals surface area contributed by atoms with Gasteiger partial charge in [0.15, 0.2) is 0 Å². The lowest BCUT2D eigenvalue weighted by Gasteiger charge is -2.07. The summed E-state index contributed by atoms with van der Waals surface area (Å²) in [7, 11) is 1.48. The summed E-state index contributed by atoms with van der Waals surface area (Å²) in [6, 6.07) is 8.00. The highest BCUT2D eigenvalue weighted by molar-refractivity contribution is 5.98. The number of carbonyl (C=O) groups is 2. The Bertz CT molecular complexity index is 599. The number of rotatable bonds is 3. The van der Waals surface area contributed by atoms with E-state index in [1.54, 1.807) is 18.2 Å². The van der Waals surface area contributed by atoms with Crippen molar-refractivity contribution in [2.45, 2.75) is 0 Å². The molecule has 2 N–H and O–H groups in total. The number of ether oxygens (including phenoxy) is 1. The topological polar surface area (TPSA) is 93.2 Å². The van der Waals surface area contributed by atoms with Crippen LogP contribution in [0.3, 0.4) is 0 Å². The zero-order valence-corrected chi connectivity index (χ0v) is 10.7. The van der Waals surface area contributed by atoms with E-state index in [1.165, 1.54) is 31.6 Å². The zero-order valence-electron chi connectivity index (χ0n) is 10.7. The van der Waals surface area contributed by atoms with Gasteiger partial charge in [0.1, 0.15) is 5.69 Å². The van der Waals surface area contributed by atoms with Gasteiger partial charge in [0.25, 0.3) is 11.8 Å². The molecule has 0 aliphatic carbocycles. The van der Waals surface area contributed by atoms with Crippen molar-refractivity contribution < 1.29 is 14.3 Å². The van der Waals surface area contributed by atoms with Crippen LogP contribution in [0.1, 0.15) is 20.8 Å². The molecule has 0 saturated heterocycles. The van der Waals surface area contributed by atoms with Gasteiger partial charge in [-0.1, -0.05) is 6.07 Å². The monoisotopic (exact) mass is 272 g/mol. The minimum Gasteiger partial charge on any atom is -0.481 e. The van der Waals surface area contributed by atoms with Crippen molar-refractivity contribution in [3.05, 3.63) is 54.0 Å². The number of methoxy groups -OCH3 is 1. The molecule has 0 unspecified atom stereocenters. The first kappa shape index (κ1) is 13.5. The number of hydrogen-bond acceptors (Lipinski definition) is 5. The van der Waals surface area contributed by atoms with Crippen LogP contribution in [0.5, 0.6) is 5.88 Å². The molecule has 2 rings (SSSR count). The molecule has 0 aliphatic heterocycles. The summed E-state index contributed by atoms with van der Waals surface area (Å²) in [4.78, 5) is 31.2. The average molecular weight is 272 g/mol. The molecule has 102 valence electrons. The number of pyridine rings is 2. The number of nitrogens with zero attached hydrogens (tertiary/aromatic N) is 2. The normalized spacial score (nSPS) is 9.65. The van der Waals surface area contributed by atoms with E-state index in [0.29, 0.717) is 11.4 Å². The smallest absolute Gasteiger partial charge is 0.288 e. The Kier molecular flexibility index (Phi) is 4.23. The highest BCUT2D eigenvalue weighted by Gasteiger charge is 2.10. The van der Waals surface area contributed by atoms with Crippen LogP contribution < -0.4 is 15.6 Å². The summed E-state index contributed by atoms with van der Waals surface area (Å²) in [6.45, 7) is 0. The second-order valence-electron chi connectivity index (χ2n) is 3.71. The van der Waals surface area contributed by atoms with Crippen molar-refractivity contribution >= 4 is 11.8 Å². The van der Waals surface area contributed by atoms with Crippen molar-refractivity contribution in [1.29, 1.82) is 0 Å². The fraction of sp³-hybridized carbons (Fsp3) is 0.0769. The predicted molar refractivity (Wildman–Crippen MR) is 70.0 cm³/mol. The van der Waals surface area contributed by atoms with Crippen molar-refractivity contribution in [2.24, 2.45) is 0 Å². The summed E-state index contributed by atoms with van der Waals surface area (Å²) in [5, 5.41) is 0. The molecule has 0 radical (unpaired) electrons. The molecule has 0 bridgehead atoms. The van der Waals surface area contributed by atoms with Crippen LogP contribution in [0.25, 0.3) is 0 Å². The number of hydrogen-bond donors (Lipinski definition) is 2. The van der Waals surface area contributed by atoms with E-state index >= 15 is 0 Å². The fourth-order valence-corrected chi connectivity index (χ4v) is 1.38. The molecule has 0 saturated carbocycles. The lowest BCUT2D eigenvalue weighted by Crippen LogP contribution is -2.41. The van der Waals surface area contributed by atoms with Crippen LogP contribution in [-0.4, -0.2) is 28.9 Å². The van der Waals surface area contributed by atoms with E-state index in [9.17, 15) is 9.59 Å². The number of amides is 2. The molecule has 0 atom stereocenters. The summed E-state index contributed by atoms with van der Waals surface area (Å²) in [5.41, 5.74) is 5.05. The largest absolute Gasteiger partial charge is 0.481 e. The van der Waals surface area contributed by atoms with Gasteiger partial charge in [0.05, 0.1) is 12.7 Å². The number of nitrogens with one attached hydrogen (secondary N) is 2. The lowest BCUT2D eigenvalue weighted by molar-refractivity contribution is 0.0843. The molecule has 20 heavy (non-hydrogen) atoms. The van der Waals surface area contributed by atoms with Gasteiger partial charge in [0.2, 0.25) is 5.88 Å². The van der Waals surface area contributed by atoms with E-state index in [2.05, 4.69) is 20.8 Å². The first-order valence-corrected chi connectivity index (χ1v) is 5.72. The molecule has 2 heterocycles. The maximum atomic E-state index is 11.8. The van der Waals surface area contributed by atoms with E-state index in [4.69, 9.17) is 4.74 Å². The van der Waals surface area contributed by atoms with Gasteiger partial charge in [-0.2, -0.15) is 0 Å². The van der Waals surface area contributed by atoms with Crippen molar-refractivity contribution in [3.8, 4) is 5.88 Å². The second-order valence-corrected chi connectivity index (χ2v) is 3.71. The van der Waals surface area contributed by atoms with Crippen LogP contribution >= 0.6 is 0 Å². The van der Waals surface area contributed by atoms with Gasteiger partial charge in [-0.05, 0) is 18.2 Å². The maximum Gasteiger partial charge on any atom is 0.288 e. The summed E-state index contributed by atoms with van der Waals surface area (Å²) in [6.07, 6.45) is 2.84. The minimum atomic E-state index is -0.500. The van der Waals surface area contributed by atoms with E-state index < -0.39 is 11.8 Å². The third-order valence-corrected chi connectivity index (χ3v) is 2.39. The Morgan fingerprint density at radius 3 is 2.45 bits per heavy atom. The second kappa shape index (κ2) is 6.28. The Morgan fingerprint density at radius 2 is 1.85 bits per heavy atom. The van der Waals surface area contributed by atoms with Crippen molar-refractivity contribution in [3.63, 3.8) is 0 Å². The molecule has 0 aliphatic rings. The number of hydrazine groups is 1. The van der Waals surface area contributed by atoms with Gasteiger partial charge in [-0.3, -0.25) is 25.4 Å². The third-order valence-electron chi connectivity index (χ3n) is 2.39. The molecule has 2 aromatic rings. The first-order chi connectivity index (χ1) is 9.70. The molecule has 7 nitrogen and oxygen atoms in total. The van der Waals surface area contributed by atoms with Crippen LogP contribution in [0.2, 0.25) is 0 Å².